The van der Waals surface area contributed by atoms with Gasteiger partial charge in [-0.1, -0.05) is 42.0 Å². The summed E-state index contributed by atoms with van der Waals surface area (Å²) >= 11 is 0. The summed E-state index contributed by atoms with van der Waals surface area (Å²) in [6, 6.07) is 16.3. The van der Waals surface area contributed by atoms with E-state index in [0.29, 0.717) is 6.42 Å². The van der Waals surface area contributed by atoms with Crippen LogP contribution in [0.3, 0.4) is 0 Å². The van der Waals surface area contributed by atoms with Crippen molar-refractivity contribution in [3.63, 3.8) is 0 Å². The fraction of sp³-hybridized carbons (Fsp3) is 0.294. The fourth-order valence-electron chi connectivity index (χ4n) is 2.19. The average Bonchev–Trinajstić information content (AvgIpc) is 2.39. The van der Waals surface area contributed by atoms with Gasteiger partial charge in [0, 0.05) is 26.2 Å². The number of hydrogen-bond acceptors (Lipinski definition) is 2. The molecule has 0 aliphatic carbocycles. The largest absolute Gasteiger partial charge is 0.388 e. The lowest BCUT2D eigenvalue weighted by Crippen LogP contribution is -2.10. The molecule has 0 saturated carbocycles. The van der Waals surface area contributed by atoms with Crippen molar-refractivity contribution in [2.75, 3.05) is 19.0 Å². The molecule has 2 aromatic carbocycles. The lowest BCUT2D eigenvalue weighted by atomic mass is 10.00. The molecule has 1 N–H and O–H groups in total. The first-order valence-electron chi connectivity index (χ1n) is 6.57. The Morgan fingerprint density at radius 3 is 2.47 bits per heavy atom. The lowest BCUT2D eigenvalue weighted by molar-refractivity contribution is 0.178. The Balaban J connectivity index is 2.15. The van der Waals surface area contributed by atoms with Gasteiger partial charge in [0.2, 0.25) is 0 Å². The summed E-state index contributed by atoms with van der Waals surface area (Å²) in [5.74, 6) is 0. The maximum absolute atomic E-state index is 10.4. The highest BCUT2D eigenvalue weighted by atomic mass is 16.3. The van der Waals surface area contributed by atoms with Gasteiger partial charge in [0.05, 0.1) is 6.10 Å². The second kappa shape index (κ2) is 5.89. The zero-order valence-electron chi connectivity index (χ0n) is 11.8. The summed E-state index contributed by atoms with van der Waals surface area (Å²) in [5.41, 5.74) is 4.47. The van der Waals surface area contributed by atoms with E-state index in [-0.39, 0.29) is 0 Å². The monoisotopic (exact) mass is 255 g/mol. The molecule has 0 aromatic heterocycles. The number of anilines is 1. The first kappa shape index (κ1) is 13.6. The number of aryl methyl sites for hydroxylation is 1. The van der Waals surface area contributed by atoms with E-state index < -0.39 is 6.10 Å². The van der Waals surface area contributed by atoms with E-state index in [1.165, 1.54) is 11.1 Å². The molecule has 0 fully saturated rings. The molecule has 2 heteroatoms. The maximum atomic E-state index is 10.4. The number of nitrogens with zero attached hydrogens (tertiary/aromatic N) is 1. The SMILES string of the molecule is Cc1cccc(CC(O)c2cccc(N(C)C)c2)c1. The van der Waals surface area contributed by atoms with Gasteiger partial charge in [0.1, 0.15) is 0 Å². The number of aliphatic hydroxyl groups is 1. The molecule has 0 saturated heterocycles. The zero-order valence-corrected chi connectivity index (χ0v) is 11.8. The summed E-state index contributed by atoms with van der Waals surface area (Å²) in [7, 11) is 4.01. The Labute approximate surface area is 115 Å². The van der Waals surface area contributed by atoms with E-state index in [1.54, 1.807) is 0 Å². The van der Waals surface area contributed by atoms with Crippen LogP contribution in [0.25, 0.3) is 0 Å². The van der Waals surface area contributed by atoms with Gasteiger partial charge in [-0.2, -0.15) is 0 Å². The van der Waals surface area contributed by atoms with Gasteiger partial charge in [-0.3, -0.25) is 0 Å². The first-order chi connectivity index (χ1) is 9.06. The van der Waals surface area contributed by atoms with Crippen molar-refractivity contribution in [1.29, 1.82) is 0 Å². The molecule has 0 amide bonds. The van der Waals surface area contributed by atoms with E-state index in [0.717, 1.165) is 11.3 Å². The van der Waals surface area contributed by atoms with Gasteiger partial charge in [-0.25, -0.2) is 0 Å². The van der Waals surface area contributed by atoms with Gasteiger partial charge in [-0.05, 0) is 30.2 Å². The molecule has 19 heavy (non-hydrogen) atoms. The highest BCUT2D eigenvalue weighted by Gasteiger charge is 2.09. The highest BCUT2D eigenvalue weighted by molar-refractivity contribution is 5.47. The third kappa shape index (κ3) is 3.58. The van der Waals surface area contributed by atoms with E-state index in [1.807, 2.05) is 49.3 Å². The number of aliphatic hydroxyl groups excluding tert-OH is 1. The summed E-state index contributed by atoms with van der Waals surface area (Å²) in [5, 5.41) is 10.4. The van der Waals surface area contributed by atoms with Crippen LogP contribution in [0.2, 0.25) is 0 Å². The van der Waals surface area contributed by atoms with Gasteiger partial charge in [-0.15, -0.1) is 0 Å². The average molecular weight is 255 g/mol. The second-order valence-corrected chi connectivity index (χ2v) is 5.20. The van der Waals surface area contributed by atoms with Crippen LogP contribution in [-0.2, 0) is 6.42 Å². The normalized spacial score (nSPS) is 12.2. The molecule has 2 rings (SSSR count). The molecule has 0 aliphatic heterocycles. The van der Waals surface area contributed by atoms with Crippen molar-refractivity contribution in [3.05, 3.63) is 65.2 Å². The third-order valence-corrected chi connectivity index (χ3v) is 3.28. The van der Waals surface area contributed by atoms with Gasteiger partial charge in [0.25, 0.3) is 0 Å². The predicted molar refractivity (Wildman–Crippen MR) is 80.6 cm³/mol. The topological polar surface area (TPSA) is 23.5 Å². The van der Waals surface area contributed by atoms with Crippen molar-refractivity contribution >= 4 is 5.69 Å². The molecular formula is C17H21NO. The quantitative estimate of drug-likeness (QED) is 0.905. The molecular weight excluding hydrogens is 234 g/mol. The number of benzene rings is 2. The van der Waals surface area contributed by atoms with E-state index in [4.69, 9.17) is 0 Å². The van der Waals surface area contributed by atoms with Crippen molar-refractivity contribution in [1.82, 2.24) is 0 Å². The van der Waals surface area contributed by atoms with Crippen molar-refractivity contribution < 1.29 is 5.11 Å². The Kier molecular flexibility index (Phi) is 4.23. The summed E-state index contributed by atoms with van der Waals surface area (Å²) in [6.07, 6.45) is 0.195. The molecule has 1 unspecified atom stereocenters. The zero-order chi connectivity index (χ0) is 13.8. The predicted octanol–water partition coefficient (Wildman–Crippen LogP) is 3.34. The Morgan fingerprint density at radius 1 is 1.05 bits per heavy atom. The summed E-state index contributed by atoms with van der Waals surface area (Å²) < 4.78 is 0. The van der Waals surface area contributed by atoms with Crippen molar-refractivity contribution in [3.8, 4) is 0 Å². The minimum Gasteiger partial charge on any atom is -0.388 e. The molecule has 0 spiro atoms. The van der Waals surface area contributed by atoms with E-state index >= 15 is 0 Å². The van der Waals surface area contributed by atoms with Crippen LogP contribution in [0.5, 0.6) is 0 Å². The standard InChI is InChI=1S/C17H21NO/c1-13-6-4-7-14(10-13)11-17(19)15-8-5-9-16(12-15)18(2)3/h4-10,12,17,19H,11H2,1-3H3. The van der Waals surface area contributed by atoms with Crippen molar-refractivity contribution in [2.24, 2.45) is 0 Å². The highest BCUT2D eigenvalue weighted by Crippen LogP contribution is 2.22. The number of hydrogen-bond donors (Lipinski definition) is 1. The summed E-state index contributed by atoms with van der Waals surface area (Å²) in [6.45, 7) is 2.07. The fourth-order valence-corrected chi connectivity index (χ4v) is 2.19. The van der Waals surface area contributed by atoms with Crippen LogP contribution >= 0.6 is 0 Å². The third-order valence-electron chi connectivity index (χ3n) is 3.28. The molecule has 0 aliphatic rings. The molecule has 0 radical (unpaired) electrons. The lowest BCUT2D eigenvalue weighted by Gasteiger charge is -2.16. The minimum absolute atomic E-state index is 0.457. The first-order valence-corrected chi connectivity index (χ1v) is 6.57. The Hall–Kier alpha value is -1.80. The molecule has 0 bridgehead atoms. The van der Waals surface area contributed by atoms with E-state index in [2.05, 4.69) is 25.1 Å². The van der Waals surface area contributed by atoms with Crippen LogP contribution < -0.4 is 4.90 Å². The van der Waals surface area contributed by atoms with Gasteiger partial charge < -0.3 is 10.0 Å². The smallest absolute Gasteiger partial charge is 0.0831 e. The van der Waals surface area contributed by atoms with Crippen LogP contribution in [-0.4, -0.2) is 19.2 Å². The maximum Gasteiger partial charge on any atom is 0.0831 e. The number of rotatable bonds is 4. The molecule has 0 heterocycles. The molecule has 2 nitrogen and oxygen atoms in total. The van der Waals surface area contributed by atoms with Crippen LogP contribution in [0.4, 0.5) is 5.69 Å². The van der Waals surface area contributed by atoms with Crippen molar-refractivity contribution in [2.45, 2.75) is 19.4 Å². The van der Waals surface area contributed by atoms with Crippen LogP contribution in [0.15, 0.2) is 48.5 Å². The van der Waals surface area contributed by atoms with Gasteiger partial charge >= 0.3 is 0 Å². The molecule has 1 atom stereocenters. The Bertz CT molecular complexity index is 548. The van der Waals surface area contributed by atoms with Gasteiger partial charge in [0.15, 0.2) is 0 Å². The van der Waals surface area contributed by atoms with Crippen LogP contribution in [0.1, 0.15) is 22.8 Å². The van der Waals surface area contributed by atoms with E-state index in [9.17, 15) is 5.11 Å². The summed E-state index contributed by atoms with van der Waals surface area (Å²) in [4.78, 5) is 2.04. The second-order valence-electron chi connectivity index (χ2n) is 5.20. The van der Waals surface area contributed by atoms with Crippen LogP contribution in [0, 0.1) is 6.92 Å². The molecule has 2 aromatic rings. The minimum atomic E-state index is -0.457. The molecule has 100 valence electrons. The Morgan fingerprint density at radius 2 is 1.79 bits per heavy atom.